The molecule has 0 aliphatic heterocycles. The van der Waals surface area contributed by atoms with E-state index in [0.29, 0.717) is 12.2 Å². The van der Waals surface area contributed by atoms with Gasteiger partial charge in [0.15, 0.2) is 0 Å². The number of fused-ring (bicyclic) bond motifs is 1. The van der Waals surface area contributed by atoms with Crippen molar-refractivity contribution in [2.24, 2.45) is 7.05 Å². The molecule has 0 saturated heterocycles. The molecule has 1 aliphatic carbocycles. The van der Waals surface area contributed by atoms with Crippen molar-refractivity contribution in [2.45, 2.75) is 25.5 Å². The average molecular weight is 428 g/mol. The normalized spacial score (nSPS) is 17.2. The third kappa shape index (κ3) is 3.54. The Bertz CT molecular complexity index is 1280. The molecule has 2 heterocycles. The lowest BCUT2D eigenvalue weighted by Gasteiger charge is -2.19. The Balaban J connectivity index is 1.47. The Morgan fingerprint density at radius 3 is 2.62 bits per heavy atom. The molecule has 0 fully saturated rings. The number of aliphatic hydroxyl groups excluding tert-OH is 1. The Labute approximate surface area is 185 Å². The number of hydrogen-bond donors (Lipinski definition) is 3. The van der Waals surface area contributed by atoms with Gasteiger partial charge in [0.25, 0.3) is 0 Å². The summed E-state index contributed by atoms with van der Waals surface area (Å²) in [6, 6.07) is 16.6. The quantitative estimate of drug-likeness (QED) is 0.464. The molecule has 2 amide bonds. The van der Waals surface area contributed by atoms with Crippen LogP contribution in [0, 0.1) is 6.92 Å². The Morgan fingerprint density at radius 1 is 1.12 bits per heavy atom. The molecule has 2 atom stereocenters. The maximum absolute atomic E-state index is 13.0. The van der Waals surface area contributed by atoms with Crippen LogP contribution in [0.1, 0.15) is 22.7 Å². The number of para-hydroxylation sites is 1. The van der Waals surface area contributed by atoms with Gasteiger partial charge in [0.2, 0.25) is 0 Å². The standard InChI is InChI=1S/C24H24N6O2/c1-15-21(17-13-25-29(2)14-17)28-30(18-9-4-3-5-10-18)23(15)27-24(32)26-22-19-11-7-6-8-16(19)12-20(22)31/h3-11,13-14,20,22,31H,12H2,1-2H3,(H2,26,27,32). The predicted molar refractivity (Wildman–Crippen MR) is 122 cm³/mol. The monoisotopic (exact) mass is 428 g/mol. The van der Waals surface area contributed by atoms with Gasteiger partial charge in [-0.2, -0.15) is 10.2 Å². The molecule has 0 bridgehead atoms. The summed E-state index contributed by atoms with van der Waals surface area (Å²) in [5.74, 6) is 0.563. The molecule has 4 aromatic rings. The summed E-state index contributed by atoms with van der Waals surface area (Å²) in [7, 11) is 1.85. The number of anilines is 1. The number of amides is 2. The summed E-state index contributed by atoms with van der Waals surface area (Å²) in [4.78, 5) is 13.0. The largest absolute Gasteiger partial charge is 0.390 e. The van der Waals surface area contributed by atoms with E-state index >= 15 is 0 Å². The van der Waals surface area contributed by atoms with E-state index in [2.05, 4.69) is 15.7 Å². The topological polar surface area (TPSA) is 97.0 Å². The second kappa shape index (κ2) is 7.97. The molecule has 0 radical (unpaired) electrons. The molecular weight excluding hydrogens is 404 g/mol. The minimum Gasteiger partial charge on any atom is -0.390 e. The van der Waals surface area contributed by atoms with Crippen LogP contribution in [0.3, 0.4) is 0 Å². The third-order valence-corrected chi connectivity index (χ3v) is 5.82. The number of hydrogen-bond acceptors (Lipinski definition) is 4. The van der Waals surface area contributed by atoms with E-state index in [0.717, 1.165) is 33.6 Å². The van der Waals surface area contributed by atoms with Gasteiger partial charge < -0.3 is 10.4 Å². The molecular formula is C24H24N6O2. The van der Waals surface area contributed by atoms with Crippen LogP contribution in [0.25, 0.3) is 16.9 Å². The maximum Gasteiger partial charge on any atom is 0.320 e. The summed E-state index contributed by atoms with van der Waals surface area (Å²) < 4.78 is 3.44. The smallest absolute Gasteiger partial charge is 0.320 e. The van der Waals surface area contributed by atoms with Gasteiger partial charge in [-0.1, -0.05) is 42.5 Å². The van der Waals surface area contributed by atoms with Crippen molar-refractivity contribution in [1.82, 2.24) is 24.9 Å². The van der Waals surface area contributed by atoms with E-state index in [1.165, 1.54) is 0 Å². The second-order valence-corrected chi connectivity index (χ2v) is 8.02. The third-order valence-electron chi connectivity index (χ3n) is 5.82. The zero-order chi connectivity index (χ0) is 22.2. The van der Waals surface area contributed by atoms with Gasteiger partial charge in [0.1, 0.15) is 11.5 Å². The van der Waals surface area contributed by atoms with Crippen molar-refractivity contribution >= 4 is 11.8 Å². The maximum atomic E-state index is 13.0. The number of aliphatic hydroxyl groups is 1. The number of aromatic nitrogens is 4. The fourth-order valence-electron chi connectivity index (χ4n) is 4.25. The van der Waals surface area contributed by atoms with Crippen molar-refractivity contribution in [2.75, 3.05) is 5.32 Å². The first-order chi connectivity index (χ1) is 15.5. The molecule has 162 valence electrons. The summed E-state index contributed by atoms with van der Waals surface area (Å²) in [6.45, 7) is 1.92. The number of nitrogens with zero attached hydrogens (tertiary/aromatic N) is 4. The lowest BCUT2D eigenvalue weighted by atomic mass is 10.1. The molecule has 5 rings (SSSR count). The van der Waals surface area contributed by atoms with Crippen molar-refractivity contribution in [1.29, 1.82) is 0 Å². The number of rotatable bonds is 4. The Hall–Kier alpha value is -3.91. The molecule has 0 saturated carbocycles. The van der Waals surface area contributed by atoms with Crippen LogP contribution >= 0.6 is 0 Å². The lowest BCUT2D eigenvalue weighted by molar-refractivity contribution is 0.144. The minimum atomic E-state index is -0.663. The first-order valence-corrected chi connectivity index (χ1v) is 10.5. The molecule has 1 aliphatic rings. The number of benzene rings is 2. The second-order valence-electron chi connectivity index (χ2n) is 8.02. The number of aryl methyl sites for hydroxylation is 1. The first-order valence-electron chi connectivity index (χ1n) is 10.5. The van der Waals surface area contributed by atoms with Crippen molar-refractivity contribution < 1.29 is 9.90 Å². The van der Waals surface area contributed by atoms with Crippen LogP contribution in [0.15, 0.2) is 67.0 Å². The van der Waals surface area contributed by atoms with Gasteiger partial charge in [-0.05, 0) is 30.2 Å². The van der Waals surface area contributed by atoms with Crippen molar-refractivity contribution in [3.8, 4) is 16.9 Å². The summed E-state index contributed by atoms with van der Waals surface area (Å²) >= 11 is 0. The van der Waals surface area contributed by atoms with E-state index in [1.54, 1.807) is 15.6 Å². The number of carbonyl (C=O) groups is 1. The van der Waals surface area contributed by atoms with Crippen LogP contribution in [0.2, 0.25) is 0 Å². The van der Waals surface area contributed by atoms with Gasteiger partial charge in [-0.15, -0.1) is 0 Å². The van der Waals surface area contributed by atoms with Crippen molar-refractivity contribution in [3.05, 3.63) is 83.7 Å². The zero-order valence-electron chi connectivity index (χ0n) is 17.9. The Kier molecular flexibility index (Phi) is 4.99. The Morgan fingerprint density at radius 2 is 1.88 bits per heavy atom. The number of urea groups is 1. The van der Waals surface area contributed by atoms with Crippen LogP contribution in [-0.4, -0.2) is 36.8 Å². The van der Waals surface area contributed by atoms with E-state index in [1.807, 2.05) is 74.8 Å². The number of nitrogens with one attached hydrogen (secondary N) is 2. The summed E-state index contributed by atoms with van der Waals surface area (Å²) in [6.07, 6.45) is 3.50. The zero-order valence-corrected chi connectivity index (χ0v) is 17.9. The van der Waals surface area contributed by atoms with Crippen LogP contribution in [-0.2, 0) is 13.5 Å². The summed E-state index contributed by atoms with van der Waals surface area (Å²) in [5, 5.41) is 25.4. The molecule has 2 aromatic heterocycles. The molecule has 0 spiro atoms. The van der Waals surface area contributed by atoms with Crippen molar-refractivity contribution in [3.63, 3.8) is 0 Å². The molecule has 8 heteroatoms. The highest BCUT2D eigenvalue weighted by Gasteiger charge is 2.32. The highest BCUT2D eigenvalue weighted by molar-refractivity contribution is 5.91. The molecule has 32 heavy (non-hydrogen) atoms. The fourth-order valence-corrected chi connectivity index (χ4v) is 4.25. The van der Waals surface area contributed by atoms with Crippen LogP contribution in [0.5, 0.6) is 0 Å². The lowest BCUT2D eigenvalue weighted by Crippen LogP contribution is -2.37. The summed E-state index contributed by atoms with van der Waals surface area (Å²) in [5.41, 5.74) is 5.25. The number of carbonyl (C=O) groups excluding carboxylic acids is 1. The van der Waals surface area contributed by atoms with E-state index in [-0.39, 0.29) is 0 Å². The van der Waals surface area contributed by atoms with E-state index < -0.39 is 18.2 Å². The predicted octanol–water partition coefficient (Wildman–Crippen LogP) is 3.36. The van der Waals surface area contributed by atoms with Crippen LogP contribution < -0.4 is 10.6 Å². The van der Waals surface area contributed by atoms with Gasteiger partial charge in [0, 0.05) is 30.8 Å². The SMILES string of the molecule is Cc1c(-c2cnn(C)c2)nn(-c2ccccc2)c1NC(=O)NC1c2ccccc2CC1O. The van der Waals surface area contributed by atoms with Crippen LogP contribution in [0.4, 0.5) is 10.6 Å². The fraction of sp³-hybridized carbons (Fsp3) is 0.208. The minimum absolute atomic E-state index is 0.399. The molecule has 2 aromatic carbocycles. The first kappa shape index (κ1) is 20.0. The molecule has 2 unspecified atom stereocenters. The van der Waals surface area contributed by atoms with E-state index in [4.69, 9.17) is 5.10 Å². The van der Waals surface area contributed by atoms with Gasteiger partial charge >= 0.3 is 6.03 Å². The highest BCUT2D eigenvalue weighted by atomic mass is 16.3. The van der Waals surface area contributed by atoms with Gasteiger partial charge in [-0.25, -0.2) is 9.48 Å². The van der Waals surface area contributed by atoms with E-state index in [9.17, 15) is 9.90 Å². The molecule has 8 nitrogen and oxygen atoms in total. The molecule has 3 N–H and O–H groups in total. The van der Waals surface area contributed by atoms with Gasteiger partial charge in [0.05, 0.1) is 24.0 Å². The average Bonchev–Trinajstić information content (AvgIpc) is 3.45. The van der Waals surface area contributed by atoms with Gasteiger partial charge in [-0.3, -0.25) is 10.00 Å². The highest BCUT2D eigenvalue weighted by Crippen LogP contribution is 2.32.